The average molecular weight is 343 g/mol. The van der Waals surface area contributed by atoms with Crippen LogP contribution in [0.15, 0.2) is 42.5 Å². The number of rotatable bonds is 3. The van der Waals surface area contributed by atoms with E-state index < -0.39 is 0 Å². The van der Waals surface area contributed by atoms with E-state index in [0.29, 0.717) is 22.3 Å². The van der Waals surface area contributed by atoms with Crippen LogP contribution in [0.3, 0.4) is 0 Å². The number of ether oxygens (including phenoxy) is 1. The Kier molecular flexibility index (Phi) is 4.28. The van der Waals surface area contributed by atoms with E-state index in [0.717, 1.165) is 5.56 Å². The van der Waals surface area contributed by atoms with Gasteiger partial charge in [0.25, 0.3) is 0 Å². The lowest BCUT2D eigenvalue weighted by atomic mass is 9.87. The van der Waals surface area contributed by atoms with Crippen LogP contribution in [0.2, 0.25) is 5.02 Å². The quantitative estimate of drug-likeness (QED) is 0.712. The summed E-state index contributed by atoms with van der Waals surface area (Å²) in [6.45, 7) is 6.55. The number of halogens is 1. The van der Waals surface area contributed by atoms with Crippen LogP contribution in [0.1, 0.15) is 26.3 Å². The number of hydrogen-bond acceptors (Lipinski definition) is 4. The fraction of sp³-hybridized carbons (Fsp3) is 0.278. The molecule has 0 aliphatic heterocycles. The maximum absolute atomic E-state index is 6.06. The summed E-state index contributed by atoms with van der Waals surface area (Å²) in [4.78, 5) is 1.43. The Balaban J connectivity index is 1.95. The van der Waals surface area contributed by atoms with Gasteiger partial charge in [-0.3, -0.25) is 0 Å². The zero-order valence-corrected chi connectivity index (χ0v) is 14.9. The van der Waals surface area contributed by atoms with E-state index in [2.05, 4.69) is 48.3 Å². The predicted octanol–water partition coefficient (Wildman–Crippen LogP) is 4.29. The third-order valence-corrected chi connectivity index (χ3v) is 4.01. The molecule has 0 saturated carbocycles. The summed E-state index contributed by atoms with van der Waals surface area (Å²) in [5.41, 5.74) is 2.93. The Hall–Kier alpha value is -2.40. The van der Waals surface area contributed by atoms with Crippen LogP contribution < -0.4 is 4.74 Å². The number of benzene rings is 2. The van der Waals surface area contributed by atoms with Gasteiger partial charge in [0.2, 0.25) is 5.82 Å². The molecule has 0 amide bonds. The molecular formula is C18H19ClN4O. The van der Waals surface area contributed by atoms with Crippen molar-refractivity contribution in [3.05, 3.63) is 53.1 Å². The van der Waals surface area contributed by atoms with E-state index >= 15 is 0 Å². The minimum absolute atomic E-state index is 0.109. The van der Waals surface area contributed by atoms with Gasteiger partial charge in [-0.1, -0.05) is 56.6 Å². The number of aromatic nitrogens is 4. The third-order valence-electron chi connectivity index (χ3n) is 3.78. The second-order valence-corrected chi connectivity index (χ2v) is 6.98. The lowest BCUT2D eigenvalue weighted by molar-refractivity contribution is 0.409. The van der Waals surface area contributed by atoms with Crippen molar-refractivity contribution in [1.29, 1.82) is 0 Å². The SMILES string of the molecule is COc1ccc(Cl)cc1-n1nnc(-c2ccc(C(C)(C)C)cc2)n1. The molecule has 5 nitrogen and oxygen atoms in total. The van der Waals surface area contributed by atoms with Crippen LogP contribution in [0.4, 0.5) is 0 Å². The summed E-state index contributed by atoms with van der Waals surface area (Å²) in [5, 5.41) is 13.3. The molecule has 0 atom stereocenters. The average Bonchev–Trinajstić information content (AvgIpc) is 3.04. The molecule has 0 saturated heterocycles. The van der Waals surface area contributed by atoms with E-state index in [1.54, 1.807) is 25.3 Å². The van der Waals surface area contributed by atoms with Gasteiger partial charge >= 0.3 is 0 Å². The summed E-state index contributed by atoms with van der Waals surface area (Å²) in [7, 11) is 1.59. The van der Waals surface area contributed by atoms with Crippen molar-refractivity contribution >= 4 is 11.6 Å². The van der Waals surface area contributed by atoms with E-state index in [-0.39, 0.29) is 5.41 Å². The highest BCUT2D eigenvalue weighted by atomic mass is 35.5. The summed E-state index contributed by atoms with van der Waals surface area (Å²) in [5.74, 6) is 1.18. The maximum Gasteiger partial charge on any atom is 0.205 e. The highest BCUT2D eigenvalue weighted by Crippen LogP contribution is 2.27. The Labute approximate surface area is 146 Å². The molecule has 0 N–H and O–H groups in total. The summed E-state index contributed by atoms with van der Waals surface area (Å²) >= 11 is 6.06. The van der Waals surface area contributed by atoms with Gasteiger partial charge in [-0.25, -0.2) is 0 Å². The van der Waals surface area contributed by atoms with Crippen LogP contribution in [-0.2, 0) is 5.41 Å². The van der Waals surface area contributed by atoms with Crippen LogP contribution in [0.5, 0.6) is 5.75 Å². The predicted molar refractivity (Wildman–Crippen MR) is 94.9 cm³/mol. The molecule has 3 rings (SSSR count). The molecule has 6 heteroatoms. The highest BCUT2D eigenvalue weighted by molar-refractivity contribution is 6.30. The van der Waals surface area contributed by atoms with Gasteiger partial charge in [0.05, 0.1) is 7.11 Å². The lowest BCUT2D eigenvalue weighted by Gasteiger charge is -2.18. The van der Waals surface area contributed by atoms with E-state index in [1.165, 1.54) is 10.4 Å². The van der Waals surface area contributed by atoms with Crippen molar-refractivity contribution in [3.8, 4) is 22.8 Å². The normalized spacial score (nSPS) is 11.5. The summed E-state index contributed by atoms with van der Waals surface area (Å²) in [6, 6.07) is 13.5. The molecule has 0 aliphatic carbocycles. The Morgan fingerprint density at radius 1 is 1.04 bits per heavy atom. The van der Waals surface area contributed by atoms with Crippen molar-refractivity contribution in [2.24, 2.45) is 0 Å². The monoisotopic (exact) mass is 342 g/mol. The third kappa shape index (κ3) is 3.26. The second kappa shape index (κ2) is 6.24. The fourth-order valence-corrected chi connectivity index (χ4v) is 2.54. The molecule has 3 aromatic rings. The van der Waals surface area contributed by atoms with Gasteiger partial charge in [-0.2, -0.15) is 0 Å². The molecule has 124 valence electrons. The first kappa shape index (κ1) is 16.5. The molecule has 0 unspecified atom stereocenters. The Morgan fingerprint density at radius 3 is 2.38 bits per heavy atom. The van der Waals surface area contributed by atoms with Gasteiger partial charge in [-0.05, 0) is 34.4 Å². The van der Waals surface area contributed by atoms with Gasteiger partial charge < -0.3 is 4.74 Å². The van der Waals surface area contributed by atoms with E-state index in [4.69, 9.17) is 16.3 Å². The smallest absolute Gasteiger partial charge is 0.205 e. The van der Waals surface area contributed by atoms with Crippen LogP contribution >= 0.6 is 11.6 Å². The highest BCUT2D eigenvalue weighted by Gasteiger charge is 2.15. The van der Waals surface area contributed by atoms with Gasteiger partial charge in [0.1, 0.15) is 11.4 Å². The van der Waals surface area contributed by atoms with Crippen LogP contribution in [0, 0.1) is 0 Å². The molecular weight excluding hydrogens is 324 g/mol. The summed E-state index contributed by atoms with van der Waals surface area (Å²) in [6.07, 6.45) is 0. The standard InChI is InChI=1S/C18H19ClN4O/c1-18(2,3)13-7-5-12(6-8-13)17-20-22-23(21-17)15-11-14(19)9-10-16(15)24-4/h5-11H,1-4H3. The zero-order chi connectivity index (χ0) is 17.3. The maximum atomic E-state index is 6.06. The van der Waals surface area contributed by atoms with Gasteiger partial charge in [-0.15, -0.1) is 15.0 Å². The van der Waals surface area contributed by atoms with Crippen molar-refractivity contribution in [3.63, 3.8) is 0 Å². The molecule has 0 fully saturated rings. The molecule has 2 aromatic carbocycles. The Bertz CT molecular complexity index is 850. The fourth-order valence-electron chi connectivity index (χ4n) is 2.37. The zero-order valence-electron chi connectivity index (χ0n) is 14.1. The largest absolute Gasteiger partial charge is 0.494 e. The van der Waals surface area contributed by atoms with Crippen LogP contribution in [0.25, 0.3) is 17.1 Å². The topological polar surface area (TPSA) is 52.8 Å². The van der Waals surface area contributed by atoms with Gasteiger partial charge in [0.15, 0.2) is 0 Å². The van der Waals surface area contributed by atoms with Crippen molar-refractivity contribution in [2.45, 2.75) is 26.2 Å². The molecule has 0 spiro atoms. The molecule has 1 aromatic heterocycles. The van der Waals surface area contributed by atoms with Gasteiger partial charge in [0, 0.05) is 10.6 Å². The minimum Gasteiger partial charge on any atom is -0.494 e. The summed E-state index contributed by atoms with van der Waals surface area (Å²) < 4.78 is 5.34. The van der Waals surface area contributed by atoms with Crippen molar-refractivity contribution < 1.29 is 4.74 Å². The molecule has 24 heavy (non-hydrogen) atoms. The van der Waals surface area contributed by atoms with E-state index in [1.807, 2.05) is 12.1 Å². The first-order valence-electron chi connectivity index (χ1n) is 7.63. The Morgan fingerprint density at radius 2 is 1.75 bits per heavy atom. The number of methoxy groups -OCH3 is 1. The molecule has 0 bridgehead atoms. The number of tetrazole rings is 1. The van der Waals surface area contributed by atoms with E-state index in [9.17, 15) is 0 Å². The number of hydrogen-bond donors (Lipinski definition) is 0. The first-order valence-corrected chi connectivity index (χ1v) is 8.01. The van der Waals surface area contributed by atoms with Crippen molar-refractivity contribution in [2.75, 3.05) is 7.11 Å². The minimum atomic E-state index is 0.109. The molecule has 0 radical (unpaired) electrons. The number of nitrogens with zero attached hydrogens (tertiary/aromatic N) is 4. The van der Waals surface area contributed by atoms with Crippen LogP contribution in [-0.4, -0.2) is 27.3 Å². The molecule has 0 aliphatic rings. The molecule has 1 heterocycles. The van der Waals surface area contributed by atoms with Crippen molar-refractivity contribution in [1.82, 2.24) is 20.2 Å². The lowest BCUT2D eigenvalue weighted by Crippen LogP contribution is -2.10. The second-order valence-electron chi connectivity index (χ2n) is 6.55. The first-order chi connectivity index (χ1) is 11.4.